The third kappa shape index (κ3) is 3.64. The molecule has 1 fully saturated rings. The van der Waals surface area contributed by atoms with Crippen LogP contribution in [-0.4, -0.2) is 42.2 Å². The summed E-state index contributed by atoms with van der Waals surface area (Å²) in [6.45, 7) is 5.68. The van der Waals surface area contributed by atoms with Crippen molar-refractivity contribution in [3.05, 3.63) is 0 Å². The van der Waals surface area contributed by atoms with Crippen LogP contribution in [0.4, 0.5) is 0 Å². The van der Waals surface area contributed by atoms with Crippen molar-refractivity contribution in [1.82, 2.24) is 5.32 Å². The molecule has 16 heavy (non-hydrogen) atoms. The Balaban J connectivity index is 2.48. The van der Waals surface area contributed by atoms with Crippen LogP contribution in [0.25, 0.3) is 0 Å². The summed E-state index contributed by atoms with van der Waals surface area (Å²) in [5.74, 6) is -0.0904. The van der Waals surface area contributed by atoms with E-state index in [2.05, 4.69) is 11.6 Å². The van der Waals surface area contributed by atoms with Crippen molar-refractivity contribution in [2.45, 2.75) is 37.0 Å². The lowest BCUT2D eigenvalue weighted by Crippen LogP contribution is -2.53. The highest BCUT2D eigenvalue weighted by molar-refractivity contribution is 8.00. The van der Waals surface area contributed by atoms with Gasteiger partial charge in [-0.2, -0.15) is 11.8 Å². The highest BCUT2D eigenvalue weighted by Gasteiger charge is 2.33. The minimum atomic E-state index is -0.801. The van der Waals surface area contributed by atoms with E-state index >= 15 is 0 Å². The highest BCUT2D eigenvalue weighted by Crippen LogP contribution is 2.33. The number of ether oxygens (including phenoxy) is 1. The van der Waals surface area contributed by atoms with E-state index in [1.165, 1.54) is 0 Å². The monoisotopic (exact) mass is 246 g/mol. The zero-order valence-corrected chi connectivity index (χ0v) is 11.2. The average Bonchev–Trinajstić information content (AvgIpc) is 2.26. The Morgan fingerprint density at radius 2 is 2.06 bits per heavy atom. The summed E-state index contributed by atoms with van der Waals surface area (Å²) in [7, 11) is 0. The molecule has 0 aromatic heterocycles. The Bertz CT molecular complexity index is 245. The molecule has 0 spiro atoms. The van der Waals surface area contributed by atoms with Crippen molar-refractivity contribution in [3.63, 3.8) is 0 Å². The highest BCUT2D eigenvalue weighted by atomic mass is 32.2. The fourth-order valence-corrected chi connectivity index (χ4v) is 2.46. The number of rotatable bonds is 4. The van der Waals surface area contributed by atoms with E-state index in [0.29, 0.717) is 6.54 Å². The van der Waals surface area contributed by atoms with Crippen molar-refractivity contribution in [2.75, 3.05) is 26.0 Å². The molecule has 1 rings (SSSR count). The number of hydrogen-bond donors (Lipinski definition) is 2. The second kappa shape index (κ2) is 5.38. The minimum absolute atomic E-state index is 0.0904. The molecule has 5 heteroatoms. The third-order valence-electron chi connectivity index (χ3n) is 2.99. The molecule has 0 aromatic carbocycles. The standard InChI is InChI=1S/C11H22N2O2S/c1-10(2,12)9(14)13-8-11(16-3)4-6-15-7-5-11/h4-8,12H2,1-3H3,(H,13,14). The molecule has 0 aliphatic carbocycles. The summed E-state index contributed by atoms with van der Waals surface area (Å²) >= 11 is 1.81. The lowest BCUT2D eigenvalue weighted by atomic mass is 9.98. The fourth-order valence-electron chi connectivity index (χ4n) is 1.67. The van der Waals surface area contributed by atoms with Crippen molar-refractivity contribution >= 4 is 17.7 Å². The lowest BCUT2D eigenvalue weighted by molar-refractivity contribution is -0.125. The predicted molar refractivity (Wildman–Crippen MR) is 67.6 cm³/mol. The number of nitrogens with one attached hydrogen (secondary N) is 1. The summed E-state index contributed by atoms with van der Waals surface area (Å²) in [5, 5.41) is 2.94. The van der Waals surface area contributed by atoms with Gasteiger partial charge in [0.25, 0.3) is 0 Å². The number of nitrogens with two attached hydrogens (primary N) is 1. The molecule has 1 heterocycles. The SMILES string of the molecule is CSC1(CNC(=O)C(C)(C)N)CCOCC1. The van der Waals surface area contributed by atoms with Crippen molar-refractivity contribution in [3.8, 4) is 0 Å². The molecular formula is C11H22N2O2S. The smallest absolute Gasteiger partial charge is 0.239 e. The van der Waals surface area contributed by atoms with Gasteiger partial charge in [-0.1, -0.05) is 0 Å². The quantitative estimate of drug-likeness (QED) is 0.768. The van der Waals surface area contributed by atoms with E-state index in [0.717, 1.165) is 26.1 Å². The van der Waals surface area contributed by atoms with Gasteiger partial charge in [0, 0.05) is 24.5 Å². The van der Waals surface area contributed by atoms with Gasteiger partial charge in [-0.05, 0) is 32.9 Å². The van der Waals surface area contributed by atoms with E-state index in [-0.39, 0.29) is 10.7 Å². The molecule has 0 atom stereocenters. The molecule has 0 aromatic rings. The fraction of sp³-hybridized carbons (Fsp3) is 0.909. The summed E-state index contributed by atoms with van der Waals surface area (Å²) in [6, 6.07) is 0. The molecular weight excluding hydrogens is 224 g/mol. The van der Waals surface area contributed by atoms with Gasteiger partial charge in [0.1, 0.15) is 0 Å². The summed E-state index contributed by atoms with van der Waals surface area (Å²) in [4.78, 5) is 11.7. The van der Waals surface area contributed by atoms with Crippen molar-refractivity contribution in [2.24, 2.45) is 5.73 Å². The van der Waals surface area contributed by atoms with Crippen LogP contribution >= 0.6 is 11.8 Å². The van der Waals surface area contributed by atoms with E-state index in [9.17, 15) is 4.79 Å². The summed E-state index contributed by atoms with van der Waals surface area (Å²) in [6.07, 6.45) is 4.06. The van der Waals surface area contributed by atoms with E-state index in [1.54, 1.807) is 13.8 Å². The second-order valence-electron chi connectivity index (χ2n) is 4.90. The molecule has 0 bridgehead atoms. The normalized spacial score (nSPS) is 20.5. The number of thioether (sulfide) groups is 1. The first-order chi connectivity index (χ1) is 7.40. The Hall–Kier alpha value is -0.260. The Morgan fingerprint density at radius 3 is 2.50 bits per heavy atom. The van der Waals surface area contributed by atoms with Gasteiger partial charge in [-0.15, -0.1) is 0 Å². The van der Waals surface area contributed by atoms with E-state index < -0.39 is 5.54 Å². The van der Waals surface area contributed by atoms with Crippen LogP contribution in [0.2, 0.25) is 0 Å². The summed E-state index contributed by atoms with van der Waals surface area (Å²) in [5.41, 5.74) is 4.93. The maximum absolute atomic E-state index is 11.7. The van der Waals surface area contributed by atoms with Crippen LogP contribution in [0.3, 0.4) is 0 Å². The maximum atomic E-state index is 11.7. The van der Waals surface area contributed by atoms with Crippen LogP contribution in [0.15, 0.2) is 0 Å². The summed E-state index contributed by atoms with van der Waals surface area (Å²) < 4.78 is 5.47. The zero-order chi connectivity index (χ0) is 12.2. The molecule has 1 aliphatic heterocycles. The van der Waals surface area contributed by atoms with Gasteiger partial charge >= 0.3 is 0 Å². The largest absolute Gasteiger partial charge is 0.381 e. The Kier molecular flexibility index (Phi) is 4.64. The van der Waals surface area contributed by atoms with Gasteiger partial charge in [0.05, 0.1) is 5.54 Å². The molecule has 0 saturated carbocycles. The number of amides is 1. The van der Waals surface area contributed by atoms with Gasteiger partial charge in [-0.25, -0.2) is 0 Å². The van der Waals surface area contributed by atoms with Crippen LogP contribution in [0.1, 0.15) is 26.7 Å². The third-order valence-corrected chi connectivity index (χ3v) is 4.41. The van der Waals surface area contributed by atoms with Crippen LogP contribution in [0, 0.1) is 0 Å². The number of hydrogen-bond acceptors (Lipinski definition) is 4. The van der Waals surface area contributed by atoms with Gasteiger partial charge < -0.3 is 15.8 Å². The first-order valence-corrected chi connectivity index (χ1v) is 6.82. The lowest BCUT2D eigenvalue weighted by Gasteiger charge is -2.36. The van der Waals surface area contributed by atoms with Crippen molar-refractivity contribution in [1.29, 1.82) is 0 Å². The first kappa shape index (κ1) is 13.8. The minimum Gasteiger partial charge on any atom is -0.381 e. The molecule has 0 radical (unpaired) electrons. The average molecular weight is 246 g/mol. The molecule has 1 amide bonds. The molecule has 3 N–H and O–H groups in total. The number of carbonyl (C=O) groups is 1. The zero-order valence-electron chi connectivity index (χ0n) is 10.3. The van der Waals surface area contributed by atoms with Gasteiger partial charge in [0.15, 0.2) is 0 Å². The van der Waals surface area contributed by atoms with Crippen molar-refractivity contribution < 1.29 is 9.53 Å². The molecule has 1 aliphatic rings. The molecule has 4 nitrogen and oxygen atoms in total. The molecule has 94 valence electrons. The Morgan fingerprint density at radius 1 is 1.50 bits per heavy atom. The van der Waals surface area contributed by atoms with E-state index in [4.69, 9.17) is 10.5 Å². The topological polar surface area (TPSA) is 64.4 Å². The van der Waals surface area contributed by atoms with Crippen LogP contribution in [0.5, 0.6) is 0 Å². The Labute approximate surface area is 102 Å². The van der Waals surface area contributed by atoms with Gasteiger partial charge in [0.2, 0.25) is 5.91 Å². The van der Waals surface area contributed by atoms with E-state index in [1.807, 2.05) is 11.8 Å². The van der Waals surface area contributed by atoms with Gasteiger partial charge in [-0.3, -0.25) is 4.79 Å². The second-order valence-corrected chi connectivity index (χ2v) is 6.18. The predicted octanol–water partition coefficient (Wildman–Crippen LogP) is 0.752. The molecule has 1 saturated heterocycles. The van der Waals surface area contributed by atoms with Crippen LogP contribution < -0.4 is 11.1 Å². The first-order valence-electron chi connectivity index (χ1n) is 5.60. The maximum Gasteiger partial charge on any atom is 0.239 e. The number of carbonyl (C=O) groups excluding carboxylic acids is 1. The van der Waals surface area contributed by atoms with Crippen LogP contribution in [-0.2, 0) is 9.53 Å². The molecule has 0 unspecified atom stereocenters.